The summed E-state index contributed by atoms with van der Waals surface area (Å²) in [5.41, 5.74) is 2.93. The molecule has 0 unspecified atom stereocenters. The number of aromatic nitrogens is 2. The molecule has 6 nitrogen and oxygen atoms in total. The van der Waals surface area contributed by atoms with Crippen molar-refractivity contribution in [1.29, 1.82) is 0 Å². The third-order valence-corrected chi connectivity index (χ3v) is 3.17. The van der Waals surface area contributed by atoms with Gasteiger partial charge < -0.3 is 14.5 Å². The van der Waals surface area contributed by atoms with E-state index < -0.39 is 5.97 Å². The molecule has 0 aromatic carbocycles. The number of carbonyl (C=O) groups excluding carboxylic acids is 1. The van der Waals surface area contributed by atoms with Crippen molar-refractivity contribution in [3.05, 3.63) is 28.0 Å². The number of nitrogens with one attached hydrogen (secondary N) is 1. The molecule has 0 saturated carbocycles. The van der Waals surface area contributed by atoms with E-state index in [-0.39, 0.29) is 5.69 Å². The second-order valence-electron chi connectivity index (χ2n) is 3.47. The Bertz CT molecular complexity index is 535. The summed E-state index contributed by atoms with van der Waals surface area (Å²) in [5, 5.41) is 2.99. The van der Waals surface area contributed by atoms with Crippen LogP contribution in [0.4, 0.5) is 6.01 Å². The van der Waals surface area contributed by atoms with Gasteiger partial charge in [0, 0.05) is 4.88 Å². The van der Waals surface area contributed by atoms with Gasteiger partial charge in [-0.3, -0.25) is 0 Å². The van der Waals surface area contributed by atoms with Gasteiger partial charge in [0.15, 0.2) is 5.69 Å². The van der Waals surface area contributed by atoms with Crippen molar-refractivity contribution in [3.8, 4) is 0 Å². The fraction of sp³-hybridized carbons (Fsp3) is 0.364. The normalized spacial score (nSPS) is 10.3. The highest BCUT2D eigenvalue weighted by atomic mass is 32.1. The summed E-state index contributed by atoms with van der Waals surface area (Å²) in [6.07, 6.45) is 1.28. The molecule has 7 heteroatoms. The number of rotatable bonds is 5. The average Bonchev–Trinajstić information content (AvgIpc) is 2.96. The summed E-state index contributed by atoms with van der Waals surface area (Å²) in [4.78, 5) is 20.6. The van der Waals surface area contributed by atoms with Crippen LogP contribution in [0, 0.1) is 6.92 Å². The first-order valence-corrected chi connectivity index (χ1v) is 6.34. The molecule has 0 aliphatic rings. The van der Waals surface area contributed by atoms with Crippen LogP contribution in [0.3, 0.4) is 0 Å². The number of hydrogen-bond acceptors (Lipinski definition) is 7. The molecule has 0 aliphatic carbocycles. The molecule has 18 heavy (non-hydrogen) atoms. The molecule has 96 valence electrons. The molecule has 1 N–H and O–H groups in total. The Labute approximate surface area is 108 Å². The number of thiazole rings is 1. The minimum atomic E-state index is -0.483. The Morgan fingerprint density at radius 2 is 2.44 bits per heavy atom. The maximum absolute atomic E-state index is 11.4. The molecule has 0 atom stereocenters. The second kappa shape index (κ2) is 5.63. The van der Waals surface area contributed by atoms with Crippen LogP contribution in [0.15, 0.2) is 16.2 Å². The first-order chi connectivity index (χ1) is 8.70. The predicted molar refractivity (Wildman–Crippen MR) is 66.6 cm³/mol. The van der Waals surface area contributed by atoms with Gasteiger partial charge in [-0.25, -0.2) is 9.78 Å². The van der Waals surface area contributed by atoms with Crippen molar-refractivity contribution in [2.45, 2.75) is 20.4 Å². The number of aryl methyl sites for hydroxylation is 1. The van der Waals surface area contributed by atoms with Crippen LogP contribution in [-0.2, 0) is 11.3 Å². The molecule has 0 spiro atoms. The average molecular weight is 267 g/mol. The summed E-state index contributed by atoms with van der Waals surface area (Å²) in [7, 11) is 0. The standard InChI is InChI=1S/C11H13N3O3S/c1-3-16-10(15)8-5-17-11(14-8)12-4-9-7(2)13-6-18-9/h5-6H,3-4H2,1-2H3,(H,12,14). The van der Waals surface area contributed by atoms with Crippen LogP contribution in [0.2, 0.25) is 0 Å². The molecule has 0 aliphatic heterocycles. The van der Waals surface area contributed by atoms with Crippen LogP contribution >= 0.6 is 11.3 Å². The highest BCUT2D eigenvalue weighted by Gasteiger charge is 2.13. The molecule has 2 aromatic rings. The Hall–Kier alpha value is -1.89. The molecule has 2 rings (SSSR count). The van der Waals surface area contributed by atoms with Crippen molar-refractivity contribution in [3.63, 3.8) is 0 Å². The zero-order valence-electron chi connectivity index (χ0n) is 10.1. The molecule has 0 radical (unpaired) electrons. The summed E-state index contributed by atoms with van der Waals surface area (Å²) in [5.74, 6) is -0.483. The summed E-state index contributed by atoms with van der Waals surface area (Å²) in [6.45, 7) is 4.56. The van der Waals surface area contributed by atoms with Gasteiger partial charge >= 0.3 is 5.97 Å². The van der Waals surface area contributed by atoms with Crippen molar-refractivity contribution < 1.29 is 13.9 Å². The Morgan fingerprint density at radius 3 is 3.11 bits per heavy atom. The minimum absolute atomic E-state index is 0.167. The van der Waals surface area contributed by atoms with E-state index in [1.165, 1.54) is 6.26 Å². The van der Waals surface area contributed by atoms with Crippen molar-refractivity contribution in [1.82, 2.24) is 9.97 Å². The first kappa shape index (κ1) is 12.6. The van der Waals surface area contributed by atoms with Crippen LogP contribution in [0.25, 0.3) is 0 Å². The van der Waals surface area contributed by atoms with Gasteiger partial charge in [-0.05, 0) is 13.8 Å². The summed E-state index contributed by atoms with van der Waals surface area (Å²) < 4.78 is 9.95. The first-order valence-electron chi connectivity index (χ1n) is 5.46. The number of nitrogens with zero attached hydrogens (tertiary/aromatic N) is 2. The molecule has 2 heterocycles. The van der Waals surface area contributed by atoms with E-state index >= 15 is 0 Å². The Morgan fingerprint density at radius 1 is 1.61 bits per heavy atom. The number of carbonyl (C=O) groups is 1. The second-order valence-corrected chi connectivity index (χ2v) is 4.41. The smallest absolute Gasteiger partial charge is 0.360 e. The zero-order valence-corrected chi connectivity index (χ0v) is 10.9. The van der Waals surface area contributed by atoms with E-state index in [4.69, 9.17) is 9.15 Å². The van der Waals surface area contributed by atoms with Gasteiger partial charge in [-0.15, -0.1) is 11.3 Å². The van der Waals surface area contributed by atoms with Crippen LogP contribution in [0.1, 0.15) is 28.0 Å². The lowest BCUT2D eigenvalue weighted by molar-refractivity contribution is 0.0519. The Balaban J connectivity index is 1.95. The number of hydrogen-bond donors (Lipinski definition) is 1. The Kier molecular flexibility index (Phi) is 3.93. The quantitative estimate of drug-likeness (QED) is 0.837. The molecule has 0 saturated heterocycles. The minimum Gasteiger partial charge on any atom is -0.461 e. The van der Waals surface area contributed by atoms with E-state index in [1.54, 1.807) is 23.8 Å². The van der Waals surface area contributed by atoms with Crippen molar-refractivity contribution in [2.24, 2.45) is 0 Å². The molecule has 0 bridgehead atoms. The van der Waals surface area contributed by atoms with Crippen LogP contribution in [-0.4, -0.2) is 22.5 Å². The van der Waals surface area contributed by atoms with Gasteiger partial charge in [0.1, 0.15) is 6.26 Å². The van der Waals surface area contributed by atoms with Gasteiger partial charge in [0.05, 0.1) is 24.4 Å². The summed E-state index contributed by atoms with van der Waals surface area (Å²) in [6, 6.07) is 0.297. The fourth-order valence-corrected chi connectivity index (χ4v) is 2.02. The van der Waals surface area contributed by atoms with Crippen LogP contribution < -0.4 is 5.32 Å². The lowest BCUT2D eigenvalue weighted by Crippen LogP contribution is -2.05. The number of ether oxygens (including phenoxy) is 1. The SMILES string of the molecule is CCOC(=O)c1coc(NCc2scnc2C)n1. The van der Waals surface area contributed by atoms with Gasteiger partial charge in [-0.2, -0.15) is 4.98 Å². The van der Waals surface area contributed by atoms with E-state index in [1.807, 2.05) is 6.92 Å². The third-order valence-electron chi connectivity index (χ3n) is 2.23. The monoisotopic (exact) mass is 267 g/mol. The van der Waals surface area contributed by atoms with Gasteiger partial charge in [0.2, 0.25) is 0 Å². The van der Waals surface area contributed by atoms with E-state index in [2.05, 4.69) is 15.3 Å². The number of oxazole rings is 1. The molecular weight excluding hydrogens is 254 g/mol. The fourth-order valence-electron chi connectivity index (χ4n) is 1.31. The predicted octanol–water partition coefficient (Wildman–Crippen LogP) is 2.23. The number of anilines is 1. The van der Waals surface area contributed by atoms with Crippen molar-refractivity contribution in [2.75, 3.05) is 11.9 Å². The topological polar surface area (TPSA) is 77.2 Å². The third kappa shape index (κ3) is 2.86. The largest absolute Gasteiger partial charge is 0.461 e. The zero-order chi connectivity index (χ0) is 13.0. The van der Waals surface area contributed by atoms with E-state index in [9.17, 15) is 4.79 Å². The number of esters is 1. The molecule has 0 amide bonds. The lowest BCUT2D eigenvalue weighted by atomic mass is 10.4. The lowest BCUT2D eigenvalue weighted by Gasteiger charge is -1.99. The van der Waals surface area contributed by atoms with Crippen LogP contribution in [0.5, 0.6) is 0 Å². The van der Waals surface area contributed by atoms with Crippen molar-refractivity contribution >= 4 is 23.3 Å². The molecular formula is C11H13N3O3S. The van der Waals surface area contributed by atoms with E-state index in [0.29, 0.717) is 19.2 Å². The van der Waals surface area contributed by atoms with Gasteiger partial charge in [0.25, 0.3) is 6.01 Å². The molecule has 0 fully saturated rings. The highest BCUT2D eigenvalue weighted by molar-refractivity contribution is 7.09. The van der Waals surface area contributed by atoms with E-state index in [0.717, 1.165) is 10.6 Å². The van der Waals surface area contributed by atoms with Gasteiger partial charge in [-0.1, -0.05) is 0 Å². The molecule has 2 aromatic heterocycles. The highest BCUT2D eigenvalue weighted by Crippen LogP contribution is 2.15. The maximum atomic E-state index is 11.4. The maximum Gasteiger partial charge on any atom is 0.360 e. The summed E-state index contributed by atoms with van der Waals surface area (Å²) >= 11 is 1.56.